The molecule has 108 valence electrons. The molecule has 2 aromatic rings. The van der Waals surface area contributed by atoms with Gasteiger partial charge in [-0.2, -0.15) is 0 Å². The number of aryl methyl sites for hydroxylation is 2. The largest absolute Gasteiger partial charge is 0.382 e. The van der Waals surface area contributed by atoms with Crippen molar-refractivity contribution in [3.05, 3.63) is 64.7 Å². The Kier molecular flexibility index (Phi) is 3.65. The Morgan fingerprint density at radius 3 is 2.67 bits per heavy atom. The number of rotatable bonds is 3. The molecule has 0 heterocycles. The fourth-order valence-corrected chi connectivity index (χ4v) is 3.09. The minimum absolute atomic E-state index is 0.370. The first-order valence-electron chi connectivity index (χ1n) is 7.37. The van der Waals surface area contributed by atoms with Crippen molar-refractivity contribution in [1.29, 1.82) is 0 Å². The van der Waals surface area contributed by atoms with Gasteiger partial charge in [0, 0.05) is 17.3 Å². The molecule has 0 aromatic heterocycles. The van der Waals surface area contributed by atoms with E-state index < -0.39 is 0 Å². The van der Waals surface area contributed by atoms with E-state index in [0.717, 1.165) is 30.5 Å². The van der Waals surface area contributed by atoms with E-state index in [2.05, 4.69) is 29.6 Å². The third-order valence-corrected chi connectivity index (χ3v) is 4.21. The molecule has 0 saturated carbocycles. The molecule has 3 rings (SSSR count). The van der Waals surface area contributed by atoms with Crippen LogP contribution in [-0.4, -0.2) is 11.9 Å². The normalized spacial score (nSPS) is 17.1. The first kappa shape index (κ1) is 13.7. The van der Waals surface area contributed by atoms with Crippen molar-refractivity contribution in [2.45, 2.75) is 32.2 Å². The van der Waals surface area contributed by atoms with E-state index in [1.807, 2.05) is 19.1 Å². The number of benzene rings is 2. The molecule has 3 N–H and O–H groups in total. The summed E-state index contributed by atoms with van der Waals surface area (Å²) in [6, 6.07) is 14.8. The predicted molar refractivity (Wildman–Crippen MR) is 85.6 cm³/mol. The van der Waals surface area contributed by atoms with Crippen LogP contribution >= 0.6 is 0 Å². The van der Waals surface area contributed by atoms with Gasteiger partial charge in [0.05, 0.1) is 0 Å². The fourth-order valence-electron chi connectivity index (χ4n) is 3.09. The first-order valence-corrected chi connectivity index (χ1v) is 7.37. The number of primary amides is 1. The molecule has 1 atom stereocenters. The van der Waals surface area contributed by atoms with Gasteiger partial charge in [-0.05, 0) is 61.1 Å². The van der Waals surface area contributed by atoms with Crippen molar-refractivity contribution in [3.8, 4) is 0 Å². The van der Waals surface area contributed by atoms with Crippen molar-refractivity contribution >= 4 is 11.6 Å². The van der Waals surface area contributed by atoms with E-state index in [1.165, 1.54) is 11.1 Å². The van der Waals surface area contributed by atoms with E-state index in [-0.39, 0.29) is 5.91 Å². The molecule has 0 aliphatic heterocycles. The van der Waals surface area contributed by atoms with Crippen molar-refractivity contribution in [2.75, 3.05) is 5.32 Å². The molecule has 0 bridgehead atoms. The molecule has 1 aliphatic carbocycles. The maximum atomic E-state index is 11.3. The summed E-state index contributed by atoms with van der Waals surface area (Å²) in [5, 5.41) is 3.58. The Morgan fingerprint density at radius 2 is 1.95 bits per heavy atom. The van der Waals surface area contributed by atoms with Crippen molar-refractivity contribution in [3.63, 3.8) is 0 Å². The molecule has 3 heteroatoms. The lowest BCUT2D eigenvalue weighted by Gasteiger charge is -2.26. The van der Waals surface area contributed by atoms with Crippen molar-refractivity contribution in [2.24, 2.45) is 5.73 Å². The van der Waals surface area contributed by atoms with Gasteiger partial charge in [0.2, 0.25) is 5.91 Å². The van der Waals surface area contributed by atoms with Crippen LogP contribution in [0.25, 0.3) is 0 Å². The molecule has 2 aromatic carbocycles. The highest BCUT2D eigenvalue weighted by Gasteiger charge is 2.18. The van der Waals surface area contributed by atoms with Crippen LogP contribution < -0.4 is 11.1 Å². The zero-order valence-electron chi connectivity index (χ0n) is 12.2. The summed E-state index contributed by atoms with van der Waals surface area (Å²) in [7, 11) is 0. The van der Waals surface area contributed by atoms with E-state index >= 15 is 0 Å². The number of hydrogen-bond acceptors (Lipinski definition) is 2. The standard InChI is InChI=1S/C18H20N2O/c1-12-10-15(8-9-17(12)18(19)21)20-16-7-6-13-4-2-3-5-14(13)11-16/h2-5,8-10,16,20H,6-7,11H2,1H3,(H2,19,21)/t16-/m0/s1. The number of nitrogens with one attached hydrogen (secondary N) is 1. The molecule has 1 aliphatic rings. The predicted octanol–water partition coefficient (Wildman–Crippen LogP) is 3.06. The molecule has 0 unspecified atom stereocenters. The van der Waals surface area contributed by atoms with Crippen LogP contribution in [0.3, 0.4) is 0 Å². The van der Waals surface area contributed by atoms with Gasteiger partial charge in [-0.15, -0.1) is 0 Å². The molecule has 0 spiro atoms. The molecule has 1 amide bonds. The van der Waals surface area contributed by atoms with Crippen LogP contribution in [0, 0.1) is 6.92 Å². The SMILES string of the molecule is Cc1cc(N[C@H]2CCc3ccccc3C2)ccc1C(N)=O. The van der Waals surface area contributed by atoms with E-state index in [9.17, 15) is 4.79 Å². The second kappa shape index (κ2) is 5.60. The Morgan fingerprint density at radius 1 is 1.19 bits per heavy atom. The van der Waals surface area contributed by atoms with Gasteiger partial charge in [0.25, 0.3) is 0 Å². The van der Waals surface area contributed by atoms with Gasteiger partial charge in [-0.1, -0.05) is 24.3 Å². The Hall–Kier alpha value is -2.29. The fraction of sp³-hybridized carbons (Fsp3) is 0.278. The number of anilines is 1. The lowest BCUT2D eigenvalue weighted by Crippen LogP contribution is -2.27. The molecule has 21 heavy (non-hydrogen) atoms. The highest BCUT2D eigenvalue weighted by atomic mass is 16.1. The maximum Gasteiger partial charge on any atom is 0.248 e. The van der Waals surface area contributed by atoms with Crippen molar-refractivity contribution < 1.29 is 4.79 Å². The number of nitrogens with two attached hydrogens (primary N) is 1. The van der Waals surface area contributed by atoms with Crippen LogP contribution in [0.4, 0.5) is 5.69 Å². The highest BCUT2D eigenvalue weighted by molar-refractivity contribution is 5.94. The zero-order chi connectivity index (χ0) is 14.8. The molecule has 3 nitrogen and oxygen atoms in total. The van der Waals surface area contributed by atoms with Crippen LogP contribution in [0.5, 0.6) is 0 Å². The summed E-state index contributed by atoms with van der Waals surface area (Å²) in [4.78, 5) is 11.3. The molecule has 0 radical (unpaired) electrons. The van der Waals surface area contributed by atoms with Gasteiger partial charge in [0.15, 0.2) is 0 Å². The van der Waals surface area contributed by atoms with Gasteiger partial charge in [-0.25, -0.2) is 0 Å². The van der Waals surface area contributed by atoms with Crippen molar-refractivity contribution in [1.82, 2.24) is 0 Å². The maximum absolute atomic E-state index is 11.3. The van der Waals surface area contributed by atoms with Gasteiger partial charge in [-0.3, -0.25) is 4.79 Å². The lowest BCUT2D eigenvalue weighted by molar-refractivity contribution is 0.1000. The number of amides is 1. The zero-order valence-corrected chi connectivity index (χ0v) is 12.2. The van der Waals surface area contributed by atoms with Crippen LogP contribution in [0.15, 0.2) is 42.5 Å². The lowest BCUT2D eigenvalue weighted by atomic mass is 9.88. The molecule has 0 fully saturated rings. The second-order valence-corrected chi connectivity index (χ2v) is 5.75. The topological polar surface area (TPSA) is 55.1 Å². The van der Waals surface area contributed by atoms with Crippen LogP contribution in [0.2, 0.25) is 0 Å². The average molecular weight is 280 g/mol. The summed E-state index contributed by atoms with van der Waals surface area (Å²) in [6.45, 7) is 1.92. The minimum atomic E-state index is -0.370. The second-order valence-electron chi connectivity index (χ2n) is 5.75. The van der Waals surface area contributed by atoms with Gasteiger partial charge >= 0.3 is 0 Å². The van der Waals surface area contributed by atoms with E-state index in [0.29, 0.717) is 11.6 Å². The minimum Gasteiger partial charge on any atom is -0.382 e. The smallest absolute Gasteiger partial charge is 0.248 e. The van der Waals surface area contributed by atoms with E-state index in [4.69, 9.17) is 5.73 Å². The quantitative estimate of drug-likeness (QED) is 0.908. The summed E-state index contributed by atoms with van der Waals surface area (Å²) >= 11 is 0. The summed E-state index contributed by atoms with van der Waals surface area (Å²) in [5.74, 6) is -0.370. The molecule has 0 saturated heterocycles. The summed E-state index contributed by atoms with van der Waals surface area (Å²) < 4.78 is 0. The molecular weight excluding hydrogens is 260 g/mol. The third-order valence-electron chi connectivity index (χ3n) is 4.21. The summed E-state index contributed by atoms with van der Waals surface area (Å²) in [6.07, 6.45) is 3.30. The number of hydrogen-bond donors (Lipinski definition) is 2. The Balaban J connectivity index is 1.73. The highest BCUT2D eigenvalue weighted by Crippen LogP contribution is 2.24. The van der Waals surface area contributed by atoms with Crippen LogP contribution in [-0.2, 0) is 12.8 Å². The average Bonchev–Trinajstić information content (AvgIpc) is 2.47. The number of fused-ring (bicyclic) bond motifs is 1. The van der Waals surface area contributed by atoms with E-state index in [1.54, 1.807) is 6.07 Å². The first-order chi connectivity index (χ1) is 10.1. The van der Waals surface area contributed by atoms with Gasteiger partial charge < -0.3 is 11.1 Å². The number of carbonyl (C=O) groups excluding carboxylic acids is 1. The summed E-state index contributed by atoms with van der Waals surface area (Å²) in [5.41, 5.74) is 10.8. The Labute approximate surface area is 125 Å². The molecular formula is C18H20N2O. The number of carbonyl (C=O) groups is 1. The third kappa shape index (κ3) is 2.92. The Bertz CT molecular complexity index is 679. The monoisotopic (exact) mass is 280 g/mol. The van der Waals surface area contributed by atoms with Crippen LogP contribution in [0.1, 0.15) is 33.5 Å². The van der Waals surface area contributed by atoms with Gasteiger partial charge in [0.1, 0.15) is 0 Å².